The molecular weight excluding hydrogens is 314 g/mol. The molecule has 0 fully saturated rings. The Morgan fingerprint density at radius 3 is 2.38 bits per heavy atom. The Bertz CT molecular complexity index is 826. The van der Waals surface area contributed by atoms with E-state index in [2.05, 4.69) is 20.3 Å². The minimum atomic E-state index is -0.761. The molecule has 5 nitrogen and oxygen atoms in total. The molecule has 124 valence electrons. The zero-order valence-electron chi connectivity index (χ0n) is 13.3. The van der Waals surface area contributed by atoms with Crippen LogP contribution in [-0.2, 0) is 13.6 Å². The summed E-state index contributed by atoms with van der Waals surface area (Å²) in [7, 11) is 3.06. The Morgan fingerprint density at radius 2 is 1.75 bits per heavy atom. The molecule has 0 radical (unpaired) electrons. The normalized spacial score (nSPS) is 10.7. The van der Waals surface area contributed by atoms with Gasteiger partial charge in [-0.1, -0.05) is 30.3 Å². The van der Waals surface area contributed by atoms with Crippen molar-refractivity contribution in [2.75, 3.05) is 12.4 Å². The van der Waals surface area contributed by atoms with Crippen LogP contribution < -0.4 is 10.1 Å². The van der Waals surface area contributed by atoms with Crippen LogP contribution in [0.25, 0.3) is 11.4 Å². The van der Waals surface area contributed by atoms with Gasteiger partial charge in [0.15, 0.2) is 29.0 Å². The number of methoxy groups -OCH3 is 1. The molecule has 1 N–H and O–H groups in total. The number of aromatic nitrogens is 3. The summed E-state index contributed by atoms with van der Waals surface area (Å²) in [6, 6.07) is 12.0. The molecule has 0 saturated carbocycles. The second kappa shape index (κ2) is 6.66. The summed E-state index contributed by atoms with van der Waals surface area (Å²) in [6.07, 6.45) is 0. The van der Waals surface area contributed by atoms with Crippen molar-refractivity contribution in [1.29, 1.82) is 0 Å². The number of nitrogens with zero attached hydrogens (tertiary/aromatic N) is 3. The molecule has 3 rings (SSSR count). The van der Waals surface area contributed by atoms with Crippen LogP contribution in [0, 0.1) is 11.6 Å². The molecule has 1 heterocycles. The van der Waals surface area contributed by atoms with Crippen molar-refractivity contribution in [1.82, 2.24) is 14.8 Å². The van der Waals surface area contributed by atoms with Crippen LogP contribution in [0.2, 0.25) is 0 Å². The van der Waals surface area contributed by atoms with E-state index in [0.29, 0.717) is 11.5 Å². The number of rotatable bonds is 5. The van der Waals surface area contributed by atoms with Crippen molar-refractivity contribution >= 4 is 5.69 Å². The van der Waals surface area contributed by atoms with Gasteiger partial charge in [0.2, 0.25) is 0 Å². The van der Waals surface area contributed by atoms with Gasteiger partial charge in [-0.2, -0.15) is 0 Å². The average molecular weight is 330 g/mol. The van der Waals surface area contributed by atoms with E-state index < -0.39 is 17.4 Å². The number of anilines is 1. The number of nitrogens with one attached hydrogen (secondary N) is 1. The molecule has 0 aliphatic carbocycles. The van der Waals surface area contributed by atoms with E-state index in [1.54, 1.807) is 0 Å². The SMILES string of the molecule is COc1c(F)cc(NCc2nnc(-c3ccccc3)n2C)cc1F. The Balaban J connectivity index is 1.78. The van der Waals surface area contributed by atoms with Gasteiger partial charge in [-0.25, -0.2) is 8.78 Å². The minimum absolute atomic E-state index is 0.279. The summed E-state index contributed by atoms with van der Waals surface area (Å²) in [5, 5.41) is 11.2. The van der Waals surface area contributed by atoms with E-state index in [4.69, 9.17) is 0 Å². The van der Waals surface area contributed by atoms with Crippen molar-refractivity contribution in [3.63, 3.8) is 0 Å². The molecule has 7 heteroatoms. The quantitative estimate of drug-likeness (QED) is 0.779. The predicted molar refractivity (Wildman–Crippen MR) is 86.7 cm³/mol. The van der Waals surface area contributed by atoms with Gasteiger partial charge in [0, 0.05) is 30.4 Å². The Kier molecular flexibility index (Phi) is 4.41. The van der Waals surface area contributed by atoms with E-state index in [0.717, 1.165) is 11.4 Å². The predicted octanol–water partition coefficient (Wildman–Crippen LogP) is 3.38. The minimum Gasteiger partial charge on any atom is -0.491 e. The molecule has 0 unspecified atom stereocenters. The molecule has 0 atom stereocenters. The summed E-state index contributed by atoms with van der Waals surface area (Å²) in [4.78, 5) is 0. The number of hydrogen-bond donors (Lipinski definition) is 1. The highest BCUT2D eigenvalue weighted by Gasteiger charge is 2.13. The van der Waals surface area contributed by atoms with Crippen molar-refractivity contribution in [2.24, 2.45) is 7.05 Å². The summed E-state index contributed by atoms with van der Waals surface area (Å²) < 4.78 is 33.9. The second-order valence-corrected chi connectivity index (χ2v) is 5.19. The first-order valence-corrected chi connectivity index (χ1v) is 7.30. The van der Waals surface area contributed by atoms with Crippen LogP contribution in [0.15, 0.2) is 42.5 Å². The van der Waals surface area contributed by atoms with Crippen molar-refractivity contribution < 1.29 is 13.5 Å². The summed E-state index contributed by atoms with van der Waals surface area (Å²) in [6.45, 7) is 0.279. The maximum absolute atomic E-state index is 13.7. The van der Waals surface area contributed by atoms with Gasteiger partial charge >= 0.3 is 0 Å². The van der Waals surface area contributed by atoms with E-state index in [-0.39, 0.29) is 6.54 Å². The molecule has 3 aromatic rings. The Labute approximate surface area is 137 Å². The van der Waals surface area contributed by atoms with Crippen molar-refractivity contribution in [3.8, 4) is 17.1 Å². The van der Waals surface area contributed by atoms with E-state index in [1.807, 2.05) is 41.9 Å². The van der Waals surface area contributed by atoms with Crippen LogP contribution in [0.5, 0.6) is 5.75 Å². The average Bonchev–Trinajstić information content (AvgIpc) is 2.94. The third-order valence-corrected chi connectivity index (χ3v) is 3.65. The first kappa shape index (κ1) is 15.9. The fourth-order valence-corrected chi connectivity index (χ4v) is 2.39. The summed E-state index contributed by atoms with van der Waals surface area (Å²) in [5.74, 6) is -0.554. The molecule has 0 saturated heterocycles. The largest absolute Gasteiger partial charge is 0.491 e. The van der Waals surface area contributed by atoms with Gasteiger partial charge in [-0.05, 0) is 0 Å². The van der Waals surface area contributed by atoms with Crippen LogP contribution in [0.1, 0.15) is 5.82 Å². The number of benzene rings is 2. The van der Waals surface area contributed by atoms with Crippen molar-refractivity contribution in [2.45, 2.75) is 6.54 Å². The van der Waals surface area contributed by atoms with Crippen LogP contribution in [0.4, 0.5) is 14.5 Å². The molecule has 0 amide bonds. The lowest BCUT2D eigenvalue weighted by atomic mass is 10.2. The second-order valence-electron chi connectivity index (χ2n) is 5.19. The third kappa shape index (κ3) is 3.05. The fourth-order valence-electron chi connectivity index (χ4n) is 2.39. The summed E-state index contributed by atoms with van der Waals surface area (Å²) >= 11 is 0. The maximum atomic E-state index is 13.7. The Hall–Kier alpha value is -2.96. The maximum Gasteiger partial charge on any atom is 0.190 e. The van der Waals surface area contributed by atoms with Gasteiger partial charge in [0.25, 0.3) is 0 Å². The first-order valence-electron chi connectivity index (χ1n) is 7.30. The molecule has 0 aliphatic heterocycles. The molecule has 1 aromatic heterocycles. The van der Waals surface area contributed by atoms with Gasteiger partial charge < -0.3 is 14.6 Å². The van der Waals surface area contributed by atoms with Crippen LogP contribution in [0.3, 0.4) is 0 Å². The van der Waals surface area contributed by atoms with E-state index in [1.165, 1.54) is 19.2 Å². The number of halogens is 2. The highest BCUT2D eigenvalue weighted by atomic mass is 19.1. The van der Waals surface area contributed by atoms with Gasteiger partial charge in [0.1, 0.15) is 0 Å². The molecular formula is C17H16F2N4O. The van der Waals surface area contributed by atoms with Crippen molar-refractivity contribution in [3.05, 3.63) is 59.9 Å². The highest BCUT2D eigenvalue weighted by Crippen LogP contribution is 2.25. The van der Waals surface area contributed by atoms with E-state index in [9.17, 15) is 8.78 Å². The molecule has 0 aliphatic rings. The molecule has 2 aromatic carbocycles. The first-order chi connectivity index (χ1) is 11.6. The van der Waals surface area contributed by atoms with Gasteiger partial charge in [0.05, 0.1) is 13.7 Å². The lowest BCUT2D eigenvalue weighted by Gasteiger charge is -2.09. The number of ether oxygens (including phenoxy) is 1. The molecule has 0 spiro atoms. The van der Waals surface area contributed by atoms with Gasteiger partial charge in [-0.15, -0.1) is 10.2 Å². The zero-order chi connectivity index (χ0) is 17.1. The monoisotopic (exact) mass is 330 g/mol. The number of hydrogen-bond acceptors (Lipinski definition) is 4. The Morgan fingerprint density at radius 1 is 1.08 bits per heavy atom. The summed E-state index contributed by atoms with van der Waals surface area (Å²) in [5.41, 5.74) is 1.25. The van der Waals surface area contributed by atoms with E-state index >= 15 is 0 Å². The third-order valence-electron chi connectivity index (χ3n) is 3.65. The van der Waals surface area contributed by atoms with Gasteiger partial charge in [-0.3, -0.25) is 0 Å². The fraction of sp³-hybridized carbons (Fsp3) is 0.176. The lowest BCUT2D eigenvalue weighted by Crippen LogP contribution is -2.07. The highest BCUT2D eigenvalue weighted by molar-refractivity contribution is 5.55. The zero-order valence-corrected chi connectivity index (χ0v) is 13.3. The van der Waals surface area contributed by atoms with Crippen LogP contribution >= 0.6 is 0 Å². The topological polar surface area (TPSA) is 52.0 Å². The molecule has 24 heavy (non-hydrogen) atoms. The molecule has 0 bridgehead atoms. The lowest BCUT2D eigenvalue weighted by molar-refractivity contribution is 0.360. The standard InChI is InChI=1S/C17H16F2N4O/c1-23-15(21-22-17(23)11-6-4-3-5-7-11)10-20-12-8-13(18)16(24-2)14(19)9-12/h3-9,20H,10H2,1-2H3. The smallest absolute Gasteiger partial charge is 0.190 e. The van der Waals surface area contributed by atoms with Crippen LogP contribution in [-0.4, -0.2) is 21.9 Å².